The third-order valence-corrected chi connectivity index (χ3v) is 4.29. The molecule has 0 bridgehead atoms. The number of carbonyl (C=O) groups is 3. The zero-order valence-corrected chi connectivity index (χ0v) is 14.2. The summed E-state index contributed by atoms with van der Waals surface area (Å²) in [6.45, 7) is 5.34. The fourth-order valence-electron chi connectivity index (χ4n) is 2.87. The SMILES string of the molecule is CCC1=C(N=C(C)N2CCCNC2=O)C=C(C2NC(=O)NC2=O)OC1. The second-order valence-corrected chi connectivity index (χ2v) is 5.97. The van der Waals surface area contributed by atoms with E-state index in [-0.39, 0.29) is 6.03 Å². The van der Waals surface area contributed by atoms with Crippen LogP contribution in [0.4, 0.5) is 9.59 Å². The van der Waals surface area contributed by atoms with Crippen LogP contribution in [0.1, 0.15) is 26.7 Å². The molecule has 9 heteroatoms. The van der Waals surface area contributed by atoms with Gasteiger partial charge >= 0.3 is 12.1 Å². The van der Waals surface area contributed by atoms with Gasteiger partial charge in [0.25, 0.3) is 5.91 Å². The van der Waals surface area contributed by atoms with E-state index in [1.165, 1.54) is 0 Å². The molecule has 1 atom stereocenters. The van der Waals surface area contributed by atoms with Crippen molar-refractivity contribution in [3.63, 3.8) is 0 Å². The summed E-state index contributed by atoms with van der Waals surface area (Å²) in [6.07, 6.45) is 3.24. The number of rotatable bonds is 3. The van der Waals surface area contributed by atoms with Crippen LogP contribution in [0.15, 0.2) is 28.1 Å². The van der Waals surface area contributed by atoms with E-state index >= 15 is 0 Å². The molecule has 25 heavy (non-hydrogen) atoms. The van der Waals surface area contributed by atoms with E-state index in [1.54, 1.807) is 17.9 Å². The molecule has 2 fully saturated rings. The molecule has 3 aliphatic heterocycles. The second-order valence-electron chi connectivity index (χ2n) is 5.97. The van der Waals surface area contributed by atoms with Gasteiger partial charge in [-0.05, 0) is 25.3 Å². The monoisotopic (exact) mass is 347 g/mol. The first-order valence-corrected chi connectivity index (χ1v) is 8.28. The number of amidine groups is 1. The predicted molar refractivity (Wildman–Crippen MR) is 89.6 cm³/mol. The van der Waals surface area contributed by atoms with Crippen LogP contribution >= 0.6 is 0 Å². The molecular weight excluding hydrogens is 326 g/mol. The Morgan fingerprint density at radius 2 is 2.20 bits per heavy atom. The third-order valence-electron chi connectivity index (χ3n) is 4.29. The quantitative estimate of drug-likeness (QED) is 0.394. The summed E-state index contributed by atoms with van der Waals surface area (Å²) in [5.74, 6) is 0.470. The number of hydrogen-bond donors (Lipinski definition) is 3. The van der Waals surface area contributed by atoms with Crippen molar-refractivity contribution in [2.45, 2.75) is 32.7 Å². The van der Waals surface area contributed by atoms with Gasteiger partial charge in [-0.25, -0.2) is 14.6 Å². The van der Waals surface area contributed by atoms with E-state index in [1.807, 2.05) is 6.92 Å². The lowest BCUT2D eigenvalue weighted by Crippen LogP contribution is -2.48. The first-order chi connectivity index (χ1) is 12.0. The Morgan fingerprint density at radius 1 is 1.40 bits per heavy atom. The summed E-state index contributed by atoms with van der Waals surface area (Å²) in [7, 11) is 0. The van der Waals surface area contributed by atoms with Crippen molar-refractivity contribution in [2.75, 3.05) is 19.7 Å². The van der Waals surface area contributed by atoms with Gasteiger partial charge in [0.05, 0.1) is 5.70 Å². The highest BCUT2D eigenvalue weighted by atomic mass is 16.5. The highest BCUT2D eigenvalue weighted by molar-refractivity contribution is 6.05. The number of carbonyl (C=O) groups excluding carboxylic acids is 3. The number of hydrogen-bond acceptors (Lipinski definition) is 5. The van der Waals surface area contributed by atoms with Gasteiger partial charge in [-0.1, -0.05) is 6.92 Å². The summed E-state index contributed by atoms with van der Waals surface area (Å²) in [4.78, 5) is 41.3. The number of imide groups is 1. The van der Waals surface area contributed by atoms with E-state index in [4.69, 9.17) is 4.74 Å². The van der Waals surface area contributed by atoms with Gasteiger partial charge in [0, 0.05) is 19.2 Å². The summed E-state index contributed by atoms with van der Waals surface area (Å²) in [5.41, 5.74) is 1.62. The van der Waals surface area contributed by atoms with Crippen molar-refractivity contribution in [2.24, 2.45) is 4.99 Å². The molecule has 3 heterocycles. The third kappa shape index (κ3) is 3.49. The minimum Gasteiger partial charge on any atom is -0.491 e. The van der Waals surface area contributed by atoms with Gasteiger partial charge in [-0.3, -0.25) is 15.0 Å². The Hall–Kier alpha value is -2.84. The van der Waals surface area contributed by atoms with Crippen LogP contribution < -0.4 is 16.0 Å². The minimum absolute atomic E-state index is 0.162. The maximum absolute atomic E-state index is 12.0. The van der Waals surface area contributed by atoms with E-state index in [2.05, 4.69) is 20.9 Å². The first kappa shape index (κ1) is 17.0. The van der Waals surface area contributed by atoms with E-state index in [9.17, 15) is 14.4 Å². The van der Waals surface area contributed by atoms with Crippen molar-refractivity contribution in [1.82, 2.24) is 20.9 Å². The summed E-state index contributed by atoms with van der Waals surface area (Å²) >= 11 is 0. The van der Waals surface area contributed by atoms with Crippen LogP contribution in [0.3, 0.4) is 0 Å². The average molecular weight is 347 g/mol. The molecule has 0 aliphatic carbocycles. The van der Waals surface area contributed by atoms with Crippen molar-refractivity contribution in [3.05, 3.63) is 23.1 Å². The average Bonchev–Trinajstić information content (AvgIpc) is 2.93. The lowest BCUT2D eigenvalue weighted by molar-refractivity contribution is -0.120. The minimum atomic E-state index is -0.852. The molecule has 0 spiro atoms. The standard InChI is InChI=1S/C16H21N5O4/c1-3-10-8-25-12(13-14(22)20-15(23)19-13)7-11(10)18-9(2)21-6-4-5-17-16(21)24/h7,13H,3-6,8H2,1-2H3,(H,17,24)(H2,19,20,22,23). The van der Waals surface area contributed by atoms with Crippen LogP contribution in [0.2, 0.25) is 0 Å². The number of amides is 5. The number of nitrogens with one attached hydrogen (secondary N) is 3. The van der Waals surface area contributed by atoms with Crippen LogP contribution in [0.25, 0.3) is 0 Å². The van der Waals surface area contributed by atoms with Crippen LogP contribution in [0, 0.1) is 0 Å². The zero-order chi connectivity index (χ0) is 18.0. The molecule has 0 aromatic rings. The smallest absolute Gasteiger partial charge is 0.322 e. The molecule has 134 valence electrons. The molecule has 0 radical (unpaired) electrons. The summed E-state index contributed by atoms with van der Waals surface area (Å²) < 4.78 is 5.63. The molecule has 5 amide bonds. The molecule has 3 N–H and O–H groups in total. The molecule has 1 unspecified atom stereocenters. The van der Waals surface area contributed by atoms with Crippen LogP contribution in [-0.4, -0.2) is 54.4 Å². The largest absolute Gasteiger partial charge is 0.491 e. The number of urea groups is 2. The lowest BCUT2D eigenvalue weighted by atomic mass is 10.1. The highest BCUT2D eigenvalue weighted by Gasteiger charge is 2.35. The fraction of sp³-hybridized carbons (Fsp3) is 0.500. The Morgan fingerprint density at radius 3 is 2.84 bits per heavy atom. The van der Waals surface area contributed by atoms with Gasteiger partial charge in [0.2, 0.25) is 0 Å². The normalized spacial score (nSPS) is 24.5. The Labute approximate surface area is 145 Å². The van der Waals surface area contributed by atoms with E-state index in [0.717, 1.165) is 18.4 Å². The molecule has 3 aliphatic rings. The topological polar surface area (TPSA) is 112 Å². The zero-order valence-electron chi connectivity index (χ0n) is 14.2. The Bertz CT molecular complexity index is 709. The van der Waals surface area contributed by atoms with Crippen molar-refractivity contribution in [1.29, 1.82) is 0 Å². The van der Waals surface area contributed by atoms with Crippen LogP contribution in [0.5, 0.6) is 0 Å². The van der Waals surface area contributed by atoms with Gasteiger partial charge in [0.1, 0.15) is 18.2 Å². The van der Waals surface area contributed by atoms with Gasteiger partial charge < -0.3 is 15.4 Å². The molecule has 3 rings (SSSR count). The predicted octanol–water partition coefficient (Wildman–Crippen LogP) is 0.606. The van der Waals surface area contributed by atoms with E-state index in [0.29, 0.717) is 37.0 Å². The number of aliphatic imine (C=N–C) groups is 1. The Balaban J connectivity index is 1.87. The number of nitrogens with zero attached hydrogens (tertiary/aromatic N) is 2. The van der Waals surface area contributed by atoms with Crippen molar-refractivity contribution in [3.8, 4) is 0 Å². The summed E-state index contributed by atoms with van der Waals surface area (Å²) in [6, 6.07) is -1.56. The second kappa shape index (κ2) is 6.96. The first-order valence-electron chi connectivity index (χ1n) is 8.28. The molecular formula is C16H21N5O4. The molecule has 0 aromatic carbocycles. The van der Waals surface area contributed by atoms with Gasteiger partial charge in [-0.15, -0.1) is 0 Å². The number of ether oxygens (including phenoxy) is 1. The lowest BCUT2D eigenvalue weighted by Gasteiger charge is -2.28. The Kier molecular flexibility index (Phi) is 4.73. The van der Waals surface area contributed by atoms with Crippen molar-refractivity contribution < 1.29 is 19.1 Å². The van der Waals surface area contributed by atoms with E-state index < -0.39 is 18.0 Å². The molecule has 0 aromatic heterocycles. The van der Waals surface area contributed by atoms with Crippen molar-refractivity contribution >= 4 is 23.8 Å². The maximum atomic E-state index is 12.0. The highest BCUT2D eigenvalue weighted by Crippen LogP contribution is 2.24. The molecule has 0 saturated carbocycles. The molecule has 2 saturated heterocycles. The number of allylic oxidation sites excluding steroid dienone is 1. The van der Waals surface area contributed by atoms with Gasteiger partial charge in [-0.2, -0.15) is 0 Å². The molecule has 9 nitrogen and oxygen atoms in total. The fourth-order valence-corrected chi connectivity index (χ4v) is 2.87. The summed E-state index contributed by atoms with van der Waals surface area (Å²) in [5, 5.41) is 7.48. The van der Waals surface area contributed by atoms with Crippen LogP contribution in [-0.2, 0) is 9.53 Å². The maximum Gasteiger partial charge on any atom is 0.322 e. The van der Waals surface area contributed by atoms with Gasteiger partial charge in [0.15, 0.2) is 6.04 Å².